The van der Waals surface area contributed by atoms with Crippen molar-refractivity contribution in [2.24, 2.45) is 0 Å². The van der Waals surface area contributed by atoms with E-state index in [2.05, 4.69) is 168 Å². The molecule has 2 aliphatic rings. The third-order valence-electron chi connectivity index (χ3n) is 9.29. The first kappa shape index (κ1) is 27.6. The fourth-order valence-electron chi connectivity index (χ4n) is 6.89. The largest absolute Gasteiger partial charge is 0.311 e. The van der Waals surface area contributed by atoms with E-state index in [1.165, 1.54) is 72.8 Å². The average Bonchev–Trinajstić information content (AvgIpc) is 2.96. The van der Waals surface area contributed by atoms with Gasteiger partial charge in [-0.3, -0.25) is 0 Å². The second kappa shape index (κ2) is 9.64. The van der Waals surface area contributed by atoms with Crippen molar-refractivity contribution < 1.29 is 0 Å². The van der Waals surface area contributed by atoms with Crippen molar-refractivity contribution in [1.82, 2.24) is 0 Å². The van der Waals surface area contributed by atoms with Crippen LogP contribution in [0.25, 0.3) is 0 Å². The molecule has 43 heavy (non-hydrogen) atoms. The molecule has 0 spiro atoms. The van der Waals surface area contributed by atoms with Crippen molar-refractivity contribution in [2.45, 2.75) is 66.2 Å². The lowest BCUT2D eigenvalue weighted by Crippen LogP contribution is -2.61. The van der Waals surface area contributed by atoms with Crippen molar-refractivity contribution in [3.05, 3.63) is 125 Å². The van der Waals surface area contributed by atoms with Crippen LogP contribution in [0.15, 0.2) is 103 Å². The standard InChI is InChI=1S/C40H41BN2/c1-26-12-18-30(19-13-26)42-34-22-14-27(2)24-32(34)41-33-25-29(40(6,7)8)17-23-35(33)43(37-11-9-10-36(42)38(37)41)31-20-15-28(16-21-31)39(3,4)5/h9-25H,1-8H3. The summed E-state index contributed by atoms with van der Waals surface area (Å²) in [5, 5.41) is 0. The van der Waals surface area contributed by atoms with Gasteiger partial charge in [0.1, 0.15) is 0 Å². The van der Waals surface area contributed by atoms with E-state index in [-0.39, 0.29) is 17.5 Å². The first-order chi connectivity index (χ1) is 20.4. The minimum atomic E-state index is 0.0477. The summed E-state index contributed by atoms with van der Waals surface area (Å²) in [6.45, 7) is 18.3. The molecule has 5 aromatic rings. The first-order valence-corrected chi connectivity index (χ1v) is 15.6. The van der Waals surface area contributed by atoms with Gasteiger partial charge in [0.05, 0.1) is 0 Å². The normalized spacial score (nSPS) is 13.9. The quantitative estimate of drug-likeness (QED) is 0.195. The molecule has 5 aromatic carbocycles. The molecule has 0 radical (unpaired) electrons. The van der Waals surface area contributed by atoms with Gasteiger partial charge in [0.15, 0.2) is 0 Å². The van der Waals surface area contributed by atoms with Crippen LogP contribution in [0, 0.1) is 13.8 Å². The van der Waals surface area contributed by atoms with Gasteiger partial charge in [0.25, 0.3) is 6.71 Å². The summed E-state index contributed by atoms with van der Waals surface area (Å²) in [6.07, 6.45) is 0. The topological polar surface area (TPSA) is 6.48 Å². The molecule has 2 heterocycles. The fourth-order valence-corrected chi connectivity index (χ4v) is 6.89. The van der Waals surface area contributed by atoms with Crippen LogP contribution in [0.1, 0.15) is 63.8 Å². The summed E-state index contributed by atoms with van der Waals surface area (Å²) >= 11 is 0. The van der Waals surface area contributed by atoms with Crippen LogP contribution in [-0.2, 0) is 10.8 Å². The Morgan fingerprint density at radius 1 is 0.465 bits per heavy atom. The maximum absolute atomic E-state index is 2.50. The molecule has 0 saturated carbocycles. The Labute approximate surface area is 258 Å². The summed E-state index contributed by atoms with van der Waals surface area (Å²) in [6, 6.07) is 39.2. The first-order valence-electron chi connectivity index (χ1n) is 15.6. The lowest BCUT2D eigenvalue weighted by molar-refractivity contribution is 0.590. The number of nitrogens with zero attached hydrogens (tertiary/aromatic N) is 2. The summed E-state index contributed by atoms with van der Waals surface area (Å²) in [5.41, 5.74) is 17.0. The van der Waals surface area contributed by atoms with Crippen LogP contribution in [0.5, 0.6) is 0 Å². The molecule has 3 heteroatoms. The van der Waals surface area contributed by atoms with Crippen molar-refractivity contribution in [3.63, 3.8) is 0 Å². The van der Waals surface area contributed by atoms with Gasteiger partial charge < -0.3 is 9.80 Å². The Morgan fingerprint density at radius 2 is 0.930 bits per heavy atom. The fraction of sp³-hybridized carbons (Fsp3) is 0.250. The van der Waals surface area contributed by atoms with E-state index in [9.17, 15) is 0 Å². The molecule has 0 fully saturated rings. The molecule has 0 atom stereocenters. The maximum atomic E-state index is 2.50. The Hall–Kier alpha value is -4.24. The van der Waals surface area contributed by atoms with E-state index in [1.807, 2.05) is 0 Å². The van der Waals surface area contributed by atoms with E-state index in [0.717, 1.165) is 0 Å². The number of benzene rings is 5. The molecule has 2 nitrogen and oxygen atoms in total. The highest BCUT2D eigenvalue weighted by Crippen LogP contribution is 2.44. The van der Waals surface area contributed by atoms with E-state index in [1.54, 1.807) is 0 Å². The maximum Gasteiger partial charge on any atom is 0.252 e. The highest BCUT2D eigenvalue weighted by atomic mass is 15.2. The Balaban J connectivity index is 1.54. The minimum Gasteiger partial charge on any atom is -0.311 e. The number of fused-ring (bicyclic) bond motifs is 4. The van der Waals surface area contributed by atoms with Gasteiger partial charge in [-0.1, -0.05) is 107 Å². The molecule has 0 unspecified atom stereocenters. The summed E-state index contributed by atoms with van der Waals surface area (Å²) < 4.78 is 0. The third-order valence-corrected chi connectivity index (χ3v) is 9.29. The monoisotopic (exact) mass is 560 g/mol. The zero-order chi connectivity index (χ0) is 30.3. The lowest BCUT2D eigenvalue weighted by Gasteiger charge is -2.44. The summed E-state index contributed by atoms with van der Waals surface area (Å²) in [5.74, 6) is 0. The van der Waals surface area contributed by atoms with Gasteiger partial charge in [-0.2, -0.15) is 0 Å². The van der Waals surface area contributed by atoms with Crippen LogP contribution in [0.4, 0.5) is 34.1 Å². The Morgan fingerprint density at radius 3 is 1.49 bits per heavy atom. The number of hydrogen-bond donors (Lipinski definition) is 0. The zero-order valence-electron chi connectivity index (χ0n) is 26.8. The summed E-state index contributed by atoms with van der Waals surface area (Å²) in [7, 11) is 0. The predicted octanol–water partition coefficient (Wildman–Crippen LogP) is 8.98. The lowest BCUT2D eigenvalue weighted by atomic mass is 9.33. The third kappa shape index (κ3) is 4.49. The second-order valence-electron chi connectivity index (χ2n) is 14.5. The van der Waals surface area contributed by atoms with Crippen LogP contribution < -0.4 is 26.2 Å². The van der Waals surface area contributed by atoms with Gasteiger partial charge >= 0.3 is 0 Å². The minimum absolute atomic E-state index is 0.0477. The molecule has 0 aliphatic carbocycles. The molecular weight excluding hydrogens is 519 g/mol. The SMILES string of the molecule is Cc1ccc(N2c3ccc(C)cc3B3c4cc(C(C)(C)C)ccc4N(c4ccc(C(C)(C)C)cc4)c4cccc2c43)cc1. The van der Waals surface area contributed by atoms with Crippen LogP contribution >= 0.6 is 0 Å². The summed E-state index contributed by atoms with van der Waals surface area (Å²) in [4.78, 5) is 4.97. The molecule has 7 rings (SSSR count). The molecule has 0 aromatic heterocycles. The predicted molar refractivity (Wildman–Crippen MR) is 187 cm³/mol. The Bertz CT molecular complexity index is 1850. The van der Waals surface area contributed by atoms with Crippen molar-refractivity contribution in [2.75, 3.05) is 9.80 Å². The zero-order valence-corrected chi connectivity index (χ0v) is 26.8. The number of hydrogen-bond acceptors (Lipinski definition) is 2. The molecule has 2 aliphatic heterocycles. The highest BCUT2D eigenvalue weighted by molar-refractivity contribution is 7.00. The van der Waals surface area contributed by atoms with Crippen LogP contribution in [0.3, 0.4) is 0 Å². The van der Waals surface area contributed by atoms with E-state index in [0.29, 0.717) is 0 Å². The van der Waals surface area contributed by atoms with Gasteiger partial charge in [0.2, 0.25) is 0 Å². The number of anilines is 6. The van der Waals surface area contributed by atoms with Crippen molar-refractivity contribution >= 4 is 57.2 Å². The van der Waals surface area contributed by atoms with E-state index in [4.69, 9.17) is 0 Å². The molecule has 0 bridgehead atoms. The second-order valence-corrected chi connectivity index (χ2v) is 14.5. The van der Waals surface area contributed by atoms with Gasteiger partial charge in [0, 0.05) is 34.1 Å². The van der Waals surface area contributed by atoms with Gasteiger partial charge in [-0.25, -0.2) is 0 Å². The van der Waals surface area contributed by atoms with E-state index >= 15 is 0 Å². The number of aryl methyl sites for hydroxylation is 2. The molecule has 0 saturated heterocycles. The van der Waals surface area contributed by atoms with E-state index < -0.39 is 0 Å². The van der Waals surface area contributed by atoms with Crippen LogP contribution in [0.2, 0.25) is 0 Å². The molecule has 0 N–H and O–H groups in total. The molecular formula is C40H41BN2. The average molecular weight is 561 g/mol. The number of rotatable bonds is 2. The van der Waals surface area contributed by atoms with Gasteiger partial charge in [-0.15, -0.1) is 0 Å². The van der Waals surface area contributed by atoms with Crippen molar-refractivity contribution in [1.29, 1.82) is 0 Å². The van der Waals surface area contributed by atoms with Crippen molar-refractivity contribution in [3.8, 4) is 0 Å². The molecule has 214 valence electrons. The Kier molecular flexibility index (Phi) is 6.19. The van der Waals surface area contributed by atoms with Gasteiger partial charge in [-0.05, 0) is 101 Å². The smallest absolute Gasteiger partial charge is 0.252 e. The highest BCUT2D eigenvalue weighted by Gasteiger charge is 2.43. The molecule has 0 amide bonds. The van der Waals surface area contributed by atoms with Crippen LogP contribution in [-0.4, -0.2) is 6.71 Å².